The summed E-state index contributed by atoms with van der Waals surface area (Å²) in [5.74, 6) is -0.791. The molecule has 2 amide bonds. The van der Waals surface area contributed by atoms with Crippen molar-refractivity contribution in [3.8, 4) is 0 Å². The maximum absolute atomic E-state index is 13.1. The highest BCUT2D eigenvalue weighted by atomic mass is 35.5. The molecule has 1 N–H and O–H groups in total. The highest BCUT2D eigenvalue weighted by Crippen LogP contribution is 2.17. The molecule has 0 aliphatic heterocycles. The van der Waals surface area contributed by atoms with Crippen molar-refractivity contribution in [2.75, 3.05) is 20.1 Å². The first-order valence-electron chi connectivity index (χ1n) is 9.91. The van der Waals surface area contributed by atoms with Crippen molar-refractivity contribution in [1.29, 1.82) is 0 Å². The number of rotatable bonds is 9. The van der Waals surface area contributed by atoms with E-state index < -0.39 is 28.5 Å². The molecule has 0 radical (unpaired) electrons. The summed E-state index contributed by atoms with van der Waals surface area (Å²) in [6, 6.07) is 12.6. The fourth-order valence-electron chi connectivity index (χ4n) is 2.95. The molecule has 168 valence electrons. The molecule has 31 heavy (non-hydrogen) atoms. The molecule has 0 aliphatic rings. The van der Waals surface area contributed by atoms with Crippen LogP contribution in [0.5, 0.6) is 0 Å². The van der Waals surface area contributed by atoms with Crippen LogP contribution in [0.3, 0.4) is 0 Å². The maximum Gasteiger partial charge on any atom is 0.243 e. The Kier molecular flexibility index (Phi) is 8.61. The maximum atomic E-state index is 13.1. The third-order valence-electron chi connectivity index (χ3n) is 4.87. The Morgan fingerprint density at radius 1 is 1.06 bits per heavy atom. The number of likely N-dealkylation sites (N-methyl/N-ethyl adjacent to an activating group) is 2. The number of halogens is 1. The van der Waals surface area contributed by atoms with Crippen molar-refractivity contribution in [2.24, 2.45) is 0 Å². The minimum Gasteiger partial charge on any atom is -0.355 e. The molecule has 0 aliphatic carbocycles. The smallest absolute Gasteiger partial charge is 0.243 e. The molecule has 0 saturated heterocycles. The topological polar surface area (TPSA) is 86.8 Å². The summed E-state index contributed by atoms with van der Waals surface area (Å²) >= 11 is 5.93. The lowest BCUT2D eigenvalue weighted by atomic mass is 10.1. The number of nitrogens with zero attached hydrogens (tertiary/aromatic N) is 2. The van der Waals surface area contributed by atoms with Crippen LogP contribution in [-0.2, 0) is 26.2 Å². The molecular weight excluding hydrogens is 438 g/mol. The number of sulfonamides is 1. The van der Waals surface area contributed by atoms with Gasteiger partial charge in [0.15, 0.2) is 0 Å². The van der Waals surface area contributed by atoms with E-state index in [0.717, 1.165) is 15.4 Å². The van der Waals surface area contributed by atoms with E-state index in [1.807, 2.05) is 6.92 Å². The third kappa shape index (κ3) is 6.53. The number of carbonyl (C=O) groups excluding carboxylic acids is 2. The van der Waals surface area contributed by atoms with Crippen molar-refractivity contribution in [3.63, 3.8) is 0 Å². The van der Waals surface area contributed by atoms with Gasteiger partial charge in [-0.2, -0.15) is 4.31 Å². The highest BCUT2D eigenvalue weighted by molar-refractivity contribution is 7.89. The van der Waals surface area contributed by atoms with E-state index in [9.17, 15) is 18.0 Å². The molecule has 0 heterocycles. The van der Waals surface area contributed by atoms with Gasteiger partial charge in [-0.05, 0) is 50.6 Å². The van der Waals surface area contributed by atoms with Crippen LogP contribution >= 0.6 is 11.6 Å². The first-order chi connectivity index (χ1) is 14.6. The summed E-state index contributed by atoms with van der Waals surface area (Å²) in [7, 11) is -2.50. The number of carbonyl (C=O) groups is 2. The Bertz CT molecular complexity index is 1010. The molecule has 0 unspecified atom stereocenters. The molecule has 7 nitrogen and oxygen atoms in total. The lowest BCUT2D eigenvalue weighted by Gasteiger charge is -2.30. The van der Waals surface area contributed by atoms with Gasteiger partial charge >= 0.3 is 0 Å². The summed E-state index contributed by atoms with van der Waals surface area (Å²) in [4.78, 5) is 27.0. The molecule has 2 aromatic carbocycles. The van der Waals surface area contributed by atoms with Gasteiger partial charge in [-0.3, -0.25) is 9.59 Å². The number of benzene rings is 2. The molecular formula is C22H28ClN3O4S. The fraction of sp³-hybridized carbons (Fsp3) is 0.364. The van der Waals surface area contributed by atoms with Crippen molar-refractivity contribution < 1.29 is 18.0 Å². The fourth-order valence-corrected chi connectivity index (χ4v) is 4.19. The zero-order valence-corrected chi connectivity index (χ0v) is 19.7. The molecule has 2 rings (SSSR count). The van der Waals surface area contributed by atoms with Crippen molar-refractivity contribution in [1.82, 2.24) is 14.5 Å². The summed E-state index contributed by atoms with van der Waals surface area (Å²) in [6.45, 7) is 5.44. The van der Waals surface area contributed by atoms with Gasteiger partial charge in [0, 0.05) is 25.2 Å². The Balaban J connectivity index is 2.25. The van der Waals surface area contributed by atoms with Crippen molar-refractivity contribution in [3.05, 3.63) is 64.7 Å². The van der Waals surface area contributed by atoms with Gasteiger partial charge in [-0.25, -0.2) is 8.42 Å². The van der Waals surface area contributed by atoms with Crippen LogP contribution in [0.25, 0.3) is 0 Å². The molecule has 0 aromatic heterocycles. The van der Waals surface area contributed by atoms with E-state index in [2.05, 4.69) is 5.32 Å². The SMILES string of the molecule is CCNC(=O)[C@@H](C)N(Cc1ccc(Cl)cc1)C(=O)CN(C)S(=O)(=O)c1ccc(C)cc1. The quantitative estimate of drug-likeness (QED) is 0.617. The largest absolute Gasteiger partial charge is 0.355 e. The van der Waals surface area contributed by atoms with Crippen LogP contribution in [0, 0.1) is 6.92 Å². The van der Waals surface area contributed by atoms with E-state index in [4.69, 9.17) is 11.6 Å². The Morgan fingerprint density at radius 2 is 1.65 bits per heavy atom. The predicted molar refractivity (Wildman–Crippen MR) is 121 cm³/mol. The van der Waals surface area contributed by atoms with Crippen LogP contribution in [0.15, 0.2) is 53.4 Å². The molecule has 2 aromatic rings. The van der Waals surface area contributed by atoms with E-state index in [1.54, 1.807) is 50.2 Å². The van der Waals surface area contributed by atoms with Crippen LogP contribution in [0.1, 0.15) is 25.0 Å². The minimum absolute atomic E-state index is 0.106. The molecule has 9 heteroatoms. The van der Waals surface area contributed by atoms with Crippen LogP contribution in [0.4, 0.5) is 0 Å². The standard InChI is InChI=1S/C22H28ClN3O4S/c1-5-24-22(28)17(3)26(14-18-8-10-19(23)11-9-18)21(27)15-25(4)31(29,30)20-12-6-16(2)7-13-20/h6-13,17H,5,14-15H2,1-4H3,(H,24,28)/t17-/m1/s1. The first-order valence-corrected chi connectivity index (χ1v) is 11.7. The second-order valence-corrected chi connectivity index (χ2v) is 9.77. The average molecular weight is 466 g/mol. The zero-order valence-electron chi connectivity index (χ0n) is 18.1. The van der Waals surface area contributed by atoms with Crippen LogP contribution in [-0.4, -0.2) is 55.6 Å². The summed E-state index contributed by atoms with van der Waals surface area (Å²) in [5.41, 5.74) is 1.71. The van der Waals surface area contributed by atoms with E-state index in [0.29, 0.717) is 11.6 Å². The van der Waals surface area contributed by atoms with Gasteiger partial charge in [0.05, 0.1) is 11.4 Å². The predicted octanol–water partition coefficient (Wildman–Crippen LogP) is 2.82. The number of hydrogen-bond acceptors (Lipinski definition) is 4. The molecule has 0 spiro atoms. The van der Waals surface area contributed by atoms with E-state index in [1.165, 1.54) is 24.1 Å². The number of hydrogen-bond donors (Lipinski definition) is 1. The molecule has 0 fully saturated rings. The van der Waals surface area contributed by atoms with Gasteiger partial charge in [0.2, 0.25) is 21.8 Å². The highest BCUT2D eigenvalue weighted by Gasteiger charge is 2.30. The van der Waals surface area contributed by atoms with Crippen molar-refractivity contribution in [2.45, 2.75) is 38.3 Å². The molecule has 1 atom stereocenters. The van der Waals surface area contributed by atoms with Gasteiger partial charge in [-0.1, -0.05) is 41.4 Å². The minimum atomic E-state index is -3.85. The summed E-state index contributed by atoms with van der Waals surface area (Å²) < 4.78 is 26.7. The Hall–Kier alpha value is -2.42. The zero-order chi connectivity index (χ0) is 23.2. The average Bonchev–Trinajstić information content (AvgIpc) is 2.73. The van der Waals surface area contributed by atoms with Crippen LogP contribution < -0.4 is 5.32 Å². The third-order valence-corrected chi connectivity index (χ3v) is 6.94. The molecule has 0 saturated carbocycles. The van der Waals surface area contributed by atoms with Crippen molar-refractivity contribution >= 4 is 33.4 Å². The van der Waals surface area contributed by atoms with Crippen LogP contribution in [0.2, 0.25) is 5.02 Å². The first kappa shape index (κ1) is 24.8. The number of amides is 2. The normalized spacial score (nSPS) is 12.5. The van der Waals surface area contributed by atoms with Gasteiger partial charge in [-0.15, -0.1) is 0 Å². The van der Waals surface area contributed by atoms with E-state index in [-0.39, 0.29) is 17.3 Å². The lowest BCUT2D eigenvalue weighted by molar-refractivity contribution is -0.140. The second-order valence-electron chi connectivity index (χ2n) is 7.29. The van der Waals surface area contributed by atoms with E-state index >= 15 is 0 Å². The Labute approximate surface area is 189 Å². The summed E-state index contributed by atoms with van der Waals surface area (Å²) in [6.07, 6.45) is 0. The monoisotopic (exact) mass is 465 g/mol. The lowest BCUT2D eigenvalue weighted by Crippen LogP contribution is -2.50. The Morgan fingerprint density at radius 3 is 2.19 bits per heavy atom. The summed E-state index contributed by atoms with van der Waals surface area (Å²) in [5, 5.41) is 3.26. The van der Waals surface area contributed by atoms with Gasteiger partial charge in [0.25, 0.3) is 0 Å². The molecule has 0 bridgehead atoms. The van der Waals surface area contributed by atoms with Gasteiger partial charge < -0.3 is 10.2 Å². The van der Waals surface area contributed by atoms with Gasteiger partial charge in [0.1, 0.15) is 6.04 Å². The second kappa shape index (κ2) is 10.7. The number of aryl methyl sites for hydroxylation is 1. The number of nitrogens with one attached hydrogen (secondary N) is 1.